The number of hydrogen-bond donors (Lipinski definition) is 2. The van der Waals surface area contributed by atoms with Crippen LogP contribution in [0.1, 0.15) is 38.5 Å². The Labute approximate surface area is 137 Å². The van der Waals surface area contributed by atoms with Crippen molar-refractivity contribution in [3.8, 4) is 0 Å². The minimum atomic E-state index is -2.88. The Kier molecular flexibility index (Phi) is 5.15. The van der Waals surface area contributed by atoms with Gasteiger partial charge in [-0.25, -0.2) is 13.4 Å². The molecule has 0 saturated carbocycles. The molecule has 1 aromatic rings. The standard InChI is InChI=1S/C16H24N4O2S/c21-23(22)11-8-14(12-23)19-15-7-10-18-16(20-15)17-9-6-13-4-2-1-3-5-13/h4,7,10,14H,1-3,5-6,8-9,11-12H2,(H2,17,18,19,20). The minimum Gasteiger partial charge on any atom is -0.366 e. The molecule has 23 heavy (non-hydrogen) atoms. The van der Waals surface area contributed by atoms with Crippen LogP contribution in [0.5, 0.6) is 0 Å². The zero-order valence-electron chi connectivity index (χ0n) is 13.3. The highest BCUT2D eigenvalue weighted by molar-refractivity contribution is 7.91. The Morgan fingerprint density at radius 2 is 2.22 bits per heavy atom. The lowest BCUT2D eigenvalue weighted by atomic mass is 9.97. The molecule has 0 radical (unpaired) electrons. The van der Waals surface area contributed by atoms with E-state index < -0.39 is 9.84 Å². The van der Waals surface area contributed by atoms with Crippen molar-refractivity contribution >= 4 is 21.6 Å². The van der Waals surface area contributed by atoms with Crippen LogP contribution in [0.3, 0.4) is 0 Å². The lowest BCUT2D eigenvalue weighted by Gasteiger charge is -2.14. The molecule has 0 amide bonds. The average Bonchev–Trinajstić information content (AvgIpc) is 2.87. The first-order chi connectivity index (χ1) is 11.1. The molecule has 126 valence electrons. The lowest BCUT2D eigenvalue weighted by Crippen LogP contribution is -2.21. The average molecular weight is 336 g/mol. The normalized spacial score (nSPS) is 23.3. The first kappa shape index (κ1) is 16.2. The predicted molar refractivity (Wildman–Crippen MR) is 92.4 cm³/mol. The third kappa shape index (κ3) is 4.92. The fraction of sp³-hybridized carbons (Fsp3) is 0.625. The molecule has 1 saturated heterocycles. The van der Waals surface area contributed by atoms with Gasteiger partial charge in [0.2, 0.25) is 5.95 Å². The number of rotatable bonds is 6. The molecule has 1 aliphatic carbocycles. The summed E-state index contributed by atoms with van der Waals surface area (Å²) in [6, 6.07) is 1.73. The first-order valence-electron chi connectivity index (χ1n) is 8.32. The SMILES string of the molecule is O=S1(=O)CCC(Nc2ccnc(NCCC3=CCCCC3)n2)C1. The van der Waals surface area contributed by atoms with Crippen LogP contribution in [0.25, 0.3) is 0 Å². The number of aromatic nitrogens is 2. The van der Waals surface area contributed by atoms with E-state index in [0.29, 0.717) is 18.2 Å². The highest BCUT2D eigenvalue weighted by Gasteiger charge is 2.27. The number of hydrogen-bond acceptors (Lipinski definition) is 6. The van der Waals surface area contributed by atoms with Gasteiger partial charge in [-0.15, -0.1) is 0 Å². The van der Waals surface area contributed by atoms with Crippen molar-refractivity contribution in [2.24, 2.45) is 0 Å². The quantitative estimate of drug-likeness (QED) is 0.776. The Hall–Kier alpha value is -1.63. The van der Waals surface area contributed by atoms with Crippen molar-refractivity contribution in [1.82, 2.24) is 9.97 Å². The summed E-state index contributed by atoms with van der Waals surface area (Å²) in [6.45, 7) is 0.826. The summed E-state index contributed by atoms with van der Waals surface area (Å²) >= 11 is 0. The number of anilines is 2. The topological polar surface area (TPSA) is 84.0 Å². The molecule has 0 aromatic carbocycles. The van der Waals surface area contributed by atoms with Gasteiger partial charge in [0, 0.05) is 18.8 Å². The van der Waals surface area contributed by atoms with Crippen LogP contribution >= 0.6 is 0 Å². The minimum absolute atomic E-state index is 0.0462. The van der Waals surface area contributed by atoms with Crippen LogP contribution in [0.15, 0.2) is 23.9 Å². The van der Waals surface area contributed by atoms with Crippen LogP contribution < -0.4 is 10.6 Å². The van der Waals surface area contributed by atoms with Gasteiger partial charge in [-0.05, 0) is 44.6 Å². The van der Waals surface area contributed by atoms with Crippen LogP contribution in [-0.4, -0.2) is 42.5 Å². The first-order valence-corrected chi connectivity index (χ1v) is 10.1. The van der Waals surface area contributed by atoms with Gasteiger partial charge in [-0.3, -0.25) is 0 Å². The molecule has 2 heterocycles. The largest absolute Gasteiger partial charge is 0.366 e. The van der Waals surface area contributed by atoms with E-state index in [1.807, 2.05) is 0 Å². The summed E-state index contributed by atoms with van der Waals surface area (Å²) in [5, 5.41) is 6.45. The highest BCUT2D eigenvalue weighted by Crippen LogP contribution is 2.20. The molecule has 7 heteroatoms. The Balaban J connectivity index is 1.50. The second-order valence-electron chi connectivity index (χ2n) is 6.29. The van der Waals surface area contributed by atoms with E-state index in [1.165, 1.54) is 31.3 Å². The summed E-state index contributed by atoms with van der Waals surface area (Å²) in [7, 11) is -2.88. The van der Waals surface area contributed by atoms with E-state index in [1.54, 1.807) is 12.3 Å². The maximum atomic E-state index is 11.5. The molecule has 2 aliphatic rings. The summed E-state index contributed by atoms with van der Waals surface area (Å²) in [5.74, 6) is 1.72. The molecule has 0 bridgehead atoms. The number of sulfone groups is 1. The third-order valence-corrected chi connectivity index (χ3v) is 6.12. The molecule has 1 unspecified atom stereocenters. The van der Waals surface area contributed by atoms with Gasteiger partial charge >= 0.3 is 0 Å². The molecule has 1 aliphatic heterocycles. The van der Waals surface area contributed by atoms with Gasteiger partial charge < -0.3 is 10.6 Å². The highest BCUT2D eigenvalue weighted by atomic mass is 32.2. The van der Waals surface area contributed by atoms with Crippen LogP contribution in [0.4, 0.5) is 11.8 Å². The summed E-state index contributed by atoms with van der Waals surface area (Å²) in [6.07, 6.45) is 10.7. The van der Waals surface area contributed by atoms with E-state index in [4.69, 9.17) is 0 Å². The predicted octanol–water partition coefficient (Wildman–Crippen LogP) is 2.38. The van der Waals surface area contributed by atoms with E-state index in [-0.39, 0.29) is 17.5 Å². The zero-order valence-corrected chi connectivity index (χ0v) is 14.1. The Morgan fingerprint density at radius 3 is 2.96 bits per heavy atom. The van der Waals surface area contributed by atoms with Gasteiger partial charge in [0.15, 0.2) is 9.84 Å². The number of nitrogens with one attached hydrogen (secondary N) is 2. The molecule has 6 nitrogen and oxygen atoms in total. The van der Waals surface area contributed by atoms with Crippen molar-refractivity contribution in [2.45, 2.75) is 44.6 Å². The maximum absolute atomic E-state index is 11.5. The number of nitrogens with zero attached hydrogens (tertiary/aromatic N) is 2. The van der Waals surface area contributed by atoms with Crippen LogP contribution in [0.2, 0.25) is 0 Å². The lowest BCUT2D eigenvalue weighted by molar-refractivity contribution is 0.602. The van der Waals surface area contributed by atoms with E-state index in [0.717, 1.165) is 13.0 Å². The van der Waals surface area contributed by atoms with Crippen molar-refractivity contribution in [3.63, 3.8) is 0 Å². The monoisotopic (exact) mass is 336 g/mol. The molecular formula is C16H24N4O2S. The summed E-state index contributed by atoms with van der Waals surface area (Å²) in [4.78, 5) is 8.64. The van der Waals surface area contributed by atoms with Gasteiger partial charge in [0.1, 0.15) is 5.82 Å². The van der Waals surface area contributed by atoms with Crippen LogP contribution in [-0.2, 0) is 9.84 Å². The van der Waals surface area contributed by atoms with E-state index >= 15 is 0 Å². The van der Waals surface area contributed by atoms with Crippen molar-refractivity contribution < 1.29 is 8.42 Å². The van der Waals surface area contributed by atoms with Gasteiger partial charge in [-0.2, -0.15) is 4.98 Å². The van der Waals surface area contributed by atoms with Crippen molar-refractivity contribution in [2.75, 3.05) is 28.7 Å². The summed E-state index contributed by atoms with van der Waals surface area (Å²) in [5.41, 5.74) is 1.52. The fourth-order valence-corrected chi connectivity index (χ4v) is 4.78. The van der Waals surface area contributed by atoms with Crippen molar-refractivity contribution in [3.05, 3.63) is 23.9 Å². The Morgan fingerprint density at radius 1 is 1.30 bits per heavy atom. The molecule has 1 aromatic heterocycles. The molecule has 0 spiro atoms. The molecule has 2 N–H and O–H groups in total. The van der Waals surface area contributed by atoms with Crippen molar-refractivity contribution in [1.29, 1.82) is 0 Å². The molecule has 3 rings (SSSR count). The fourth-order valence-electron chi connectivity index (χ4n) is 3.11. The Bertz CT molecular complexity index is 672. The van der Waals surface area contributed by atoms with Crippen LogP contribution in [0, 0.1) is 0 Å². The summed E-state index contributed by atoms with van der Waals surface area (Å²) < 4.78 is 23.0. The second-order valence-corrected chi connectivity index (χ2v) is 8.52. The third-order valence-electron chi connectivity index (χ3n) is 4.35. The second kappa shape index (κ2) is 7.29. The molecular weight excluding hydrogens is 312 g/mol. The maximum Gasteiger partial charge on any atom is 0.224 e. The number of allylic oxidation sites excluding steroid dienone is 1. The molecule has 1 atom stereocenters. The van der Waals surface area contributed by atoms with Gasteiger partial charge in [0.25, 0.3) is 0 Å². The van der Waals surface area contributed by atoms with Gasteiger partial charge in [-0.1, -0.05) is 11.6 Å². The molecule has 1 fully saturated rings. The van der Waals surface area contributed by atoms with Gasteiger partial charge in [0.05, 0.1) is 11.5 Å². The smallest absolute Gasteiger partial charge is 0.224 e. The zero-order chi connectivity index (χ0) is 16.1. The van der Waals surface area contributed by atoms with E-state index in [2.05, 4.69) is 26.7 Å². The van der Waals surface area contributed by atoms with E-state index in [9.17, 15) is 8.42 Å².